The second-order valence-electron chi connectivity index (χ2n) is 7.74. The minimum Gasteiger partial charge on any atom is -0.507 e. The number of ketones is 1. The number of rotatable bonds is 8. The van der Waals surface area contributed by atoms with Crippen LogP contribution in [0.3, 0.4) is 0 Å². The van der Waals surface area contributed by atoms with Gasteiger partial charge in [0.05, 0.1) is 25.8 Å². The summed E-state index contributed by atoms with van der Waals surface area (Å²) < 4.78 is 24.7. The van der Waals surface area contributed by atoms with Crippen molar-refractivity contribution in [1.29, 1.82) is 0 Å². The highest BCUT2D eigenvalue weighted by Gasteiger charge is 2.46. The van der Waals surface area contributed by atoms with Gasteiger partial charge in [-0.1, -0.05) is 18.2 Å². The number of methoxy groups -OCH3 is 2. The second-order valence-corrected chi connectivity index (χ2v) is 7.74. The lowest BCUT2D eigenvalue weighted by molar-refractivity contribution is -0.140. The van der Waals surface area contributed by atoms with Gasteiger partial charge in [-0.25, -0.2) is 4.39 Å². The third-order valence-electron chi connectivity index (χ3n) is 5.40. The monoisotopic (exact) mass is 442 g/mol. The molecule has 7 nitrogen and oxygen atoms in total. The molecule has 32 heavy (non-hydrogen) atoms. The zero-order chi connectivity index (χ0) is 23.4. The van der Waals surface area contributed by atoms with Crippen LogP contribution in [-0.2, 0) is 9.59 Å². The fourth-order valence-corrected chi connectivity index (χ4v) is 3.85. The number of aliphatic hydroxyl groups excluding tert-OH is 1. The maximum Gasteiger partial charge on any atom is 0.295 e. The Labute approximate surface area is 186 Å². The van der Waals surface area contributed by atoms with Crippen molar-refractivity contribution in [3.63, 3.8) is 0 Å². The Bertz CT molecular complexity index is 1050. The lowest BCUT2D eigenvalue weighted by Crippen LogP contribution is -2.32. The van der Waals surface area contributed by atoms with E-state index in [0.717, 1.165) is 6.07 Å². The van der Waals surface area contributed by atoms with Gasteiger partial charge in [-0.2, -0.15) is 0 Å². The minimum absolute atomic E-state index is 0.00645. The van der Waals surface area contributed by atoms with Crippen LogP contribution in [0.5, 0.6) is 11.5 Å². The summed E-state index contributed by atoms with van der Waals surface area (Å²) >= 11 is 0. The molecule has 8 heteroatoms. The SMILES string of the molecule is COc1ccc(/C(O)=C2\C(=O)C(=O)N(CCCN(C)C)[C@@H]2c2ccccc2OC)cc1F. The number of halogens is 1. The van der Waals surface area contributed by atoms with Crippen LogP contribution in [0.2, 0.25) is 0 Å². The Kier molecular flexibility index (Phi) is 7.15. The van der Waals surface area contributed by atoms with Crippen LogP contribution >= 0.6 is 0 Å². The molecule has 2 aromatic carbocycles. The summed E-state index contributed by atoms with van der Waals surface area (Å²) in [5.74, 6) is -2.19. The number of para-hydroxylation sites is 1. The number of nitrogens with zero attached hydrogens (tertiary/aromatic N) is 2. The molecule has 1 aliphatic rings. The predicted octanol–water partition coefficient (Wildman–Crippen LogP) is 3.22. The molecule has 0 spiro atoms. The average Bonchev–Trinajstić information content (AvgIpc) is 3.03. The minimum atomic E-state index is -0.863. The molecule has 0 radical (unpaired) electrons. The van der Waals surface area contributed by atoms with Crippen molar-refractivity contribution in [2.45, 2.75) is 12.5 Å². The Morgan fingerprint density at radius 3 is 2.41 bits per heavy atom. The van der Waals surface area contributed by atoms with Crippen molar-refractivity contribution in [3.05, 3.63) is 65.0 Å². The van der Waals surface area contributed by atoms with Crippen molar-refractivity contribution in [1.82, 2.24) is 9.80 Å². The average molecular weight is 442 g/mol. The van der Waals surface area contributed by atoms with E-state index in [2.05, 4.69) is 0 Å². The molecule has 1 aliphatic heterocycles. The second kappa shape index (κ2) is 9.82. The molecule has 1 heterocycles. The van der Waals surface area contributed by atoms with E-state index in [0.29, 0.717) is 30.8 Å². The highest BCUT2D eigenvalue weighted by Crippen LogP contribution is 2.42. The standard InChI is InChI=1S/C24H27FN2O5/c1-26(2)12-7-13-27-21(16-8-5-6-9-18(16)31-3)20(23(29)24(27)30)22(28)15-10-11-19(32-4)17(25)14-15/h5-6,8-11,14,21,28H,7,12-13H2,1-4H3/b22-20+/t21-/m1/s1. The predicted molar refractivity (Wildman–Crippen MR) is 118 cm³/mol. The quantitative estimate of drug-likeness (QED) is 0.384. The molecule has 1 fully saturated rings. The zero-order valence-electron chi connectivity index (χ0n) is 18.6. The summed E-state index contributed by atoms with van der Waals surface area (Å²) in [6.07, 6.45) is 0.628. The summed E-state index contributed by atoms with van der Waals surface area (Å²) in [6.45, 7) is 1.02. The van der Waals surface area contributed by atoms with E-state index >= 15 is 0 Å². The molecule has 1 atom stereocenters. The molecular weight excluding hydrogens is 415 g/mol. The fraction of sp³-hybridized carbons (Fsp3) is 0.333. The van der Waals surface area contributed by atoms with E-state index in [1.807, 2.05) is 19.0 Å². The van der Waals surface area contributed by atoms with Crippen molar-refractivity contribution in [2.24, 2.45) is 0 Å². The molecule has 2 aromatic rings. The zero-order valence-corrected chi connectivity index (χ0v) is 18.6. The molecule has 0 aromatic heterocycles. The number of carbonyl (C=O) groups is 2. The van der Waals surface area contributed by atoms with Crippen molar-refractivity contribution >= 4 is 17.4 Å². The number of ether oxygens (including phenoxy) is 2. The van der Waals surface area contributed by atoms with E-state index in [1.54, 1.807) is 24.3 Å². The summed E-state index contributed by atoms with van der Waals surface area (Å²) in [6, 6.07) is 10.0. The number of hydrogen-bond acceptors (Lipinski definition) is 6. The van der Waals surface area contributed by atoms with Gasteiger partial charge >= 0.3 is 0 Å². The van der Waals surface area contributed by atoms with Gasteiger partial charge in [-0.05, 0) is 51.3 Å². The molecule has 0 saturated carbocycles. The number of Topliss-reactive ketones (excluding diaryl/α,β-unsaturated/α-hetero) is 1. The first-order chi connectivity index (χ1) is 15.3. The summed E-state index contributed by atoms with van der Waals surface area (Å²) in [5, 5.41) is 11.0. The van der Waals surface area contributed by atoms with Gasteiger partial charge in [0.2, 0.25) is 0 Å². The van der Waals surface area contributed by atoms with E-state index in [-0.39, 0.29) is 16.9 Å². The third kappa shape index (κ3) is 4.45. The number of aliphatic hydroxyl groups is 1. The Balaban J connectivity index is 2.15. The molecule has 1 amide bonds. The van der Waals surface area contributed by atoms with Crippen molar-refractivity contribution in [2.75, 3.05) is 41.4 Å². The number of likely N-dealkylation sites (tertiary alicyclic amines) is 1. The fourth-order valence-electron chi connectivity index (χ4n) is 3.85. The van der Waals surface area contributed by atoms with E-state index in [4.69, 9.17) is 9.47 Å². The van der Waals surface area contributed by atoms with Crippen LogP contribution in [0.25, 0.3) is 5.76 Å². The number of benzene rings is 2. The first-order valence-electron chi connectivity index (χ1n) is 10.2. The summed E-state index contributed by atoms with van der Waals surface area (Å²) in [4.78, 5) is 29.4. The summed E-state index contributed by atoms with van der Waals surface area (Å²) in [5.41, 5.74) is 0.540. The number of hydrogen-bond donors (Lipinski definition) is 1. The van der Waals surface area contributed by atoms with Gasteiger partial charge in [0.1, 0.15) is 11.5 Å². The van der Waals surface area contributed by atoms with Crippen LogP contribution in [0, 0.1) is 5.82 Å². The molecule has 1 saturated heterocycles. The maximum atomic E-state index is 14.3. The molecule has 1 N–H and O–H groups in total. The van der Waals surface area contributed by atoms with Crippen LogP contribution in [0.1, 0.15) is 23.6 Å². The first kappa shape index (κ1) is 23.3. The molecule has 3 rings (SSSR count). The van der Waals surface area contributed by atoms with Gasteiger partial charge in [-0.15, -0.1) is 0 Å². The van der Waals surface area contributed by atoms with Crippen LogP contribution in [0.4, 0.5) is 4.39 Å². The van der Waals surface area contributed by atoms with Gasteiger partial charge < -0.3 is 24.4 Å². The summed E-state index contributed by atoms with van der Waals surface area (Å²) in [7, 11) is 6.67. The highest BCUT2D eigenvalue weighted by atomic mass is 19.1. The van der Waals surface area contributed by atoms with Crippen molar-refractivity contribution < 1.29 is 28.6 Å². The van der Waals surface area contributed by atoms with Gasteiger partial charge in [-0.3, -0.25) is 9.59 Å². The smallest absolute Gasteiger partial charge is 0.295 e. The van der Waals surface area contributed by atoms with Gasteiger partial charge in [0.25, 0.3) is 11.7 Å². The first-order valence-corrected chi connectivity index (χ1v) is 10.2. The van der Waals surface area contributed by atoms with E-state index in [1.165, 1.54) is 31.3 Å². The maximum absolute atomic E-state index is 14.3. The molecule has 0 bridgehead atoms. The van der Waals surface area contributed by atoms with Crippen LogP contribution in [0.15, 0.2) is 48.0 Å². The lowest BCUT2D eigenvalue weighted by Gasteiger charge is -2.27. The Hall–Kier alpha value is -3.39. The number of amides is 1. The lowest BCUT2D eigenvalue weighted by atomic mass is 9.94. The van der Waals surface area contributed by atoms with Crippen LogP contribution in [-0.4, -0.2) is 68.0 Å². The topological polar surface area (TPSA) is 79.3 Å². The Morgan fingerprint density at radius 2 is 1.78 bits per heavy atom. The van der Waals surface area contributed by atoms with Crippen molar-refractivity contribution in [3.8, 4) is 11.5 Å². The highest BCUT2D eigenvalue weighted by molar-refractivity contribution is 6.46. The Morgan fingerprint density at radius 1 is 1.09 bits per heavy atom. The van der Waals surface area contributed by atoms with Crippen LogP contribution < -0.4 is 9.47 Å². The largest absolute Gasteiger partial charge is 0.507 e. The van der Waals surface area contributed by atoms with E-state index < -0.39 is 29.3 Å². The molecule has 0 unspecified atom stereocenters. The van der Waals surface area contributed by atoms with E-state index in [9.17, 15) is 19.1 Å². The number of carbonyl (C=O) groups excluding carboxylic acids is 2. The normalized spacial score (nSPS) is 17.8. The third-order valence-corrected chi connectivity index (χ3v) is 5.40. The van der Waals surface area contributed by atoms with Gasteiger partial charge in [0.15, 0.2) is 11.6 Å². The molecular formula is C24H27FN2O5. The molecule has 170 valence electrons. The molecule has 0 aliphatic carbocycles. The van der Waals surface area contributed by atoms with Gasteiger partial charge in [0, 0.05) is 17.7 Å².